The van der Waals surface area contributed by atoms with E-state index in [-0.39, 0.29) is 23.5 Å². The molecule has 0 saturated carbocycles. The van der Waals surface area contributed by atoms with Crippen LogP contribution in [-0.4, -0.2) is 63.7 Å². The molecule has 2 aromatic rings. The first-order valence-electron chi connectivity index (χ1n) is 10.7. The summed E-state index contributed by atoms with van der Waals surface area (Å²) in [7, 11) is -2.29. The normalized spacial score (nSPS) is 14.8. The Hall–Kier alpha value is -3.15. The molecule has 0 radical (unpaired) electrons. The molecule has 1 aliphatic rings. The van der Waals surface area contributed by atoms with Crippen molar-refractivity contribution >= 4 is 33.4 Å². The third-order valence-electron chi connectivity index (χ3n) is 4.80. The van der Waals surface area contributed by atoms with Crippen molar-refractivity contribution in [2.24, 2.45) is 0 Å². The summed E-state index contributed by atoms with van der Waals surface area (Å²) in [6, 6.07) is 10.5. The van der Waals surface area contributed by atoms with E-state index < -0.39 is 27.6 Å². The predicted molar refractivity (Wildman–Crippen MR) is 127 cm³/mol. The molecule has 0 atom stereocenters. The molecule has 184 valence electrons. The lowest BCUT2D eigenvalue weighted by molar-refractivity contribution is 0.0635. The van der Waals surface area contributed by atoms with Gasteiger partial charge in [0.15, 0.2) is 0 Å². The molecule has 0 bridgehead atoms. The number of methoxy groups -OCH3 is 1. The van der Waals surface area contributed by atoms with Crippen LogP contribution in [0.15, 0.2) is 47.4 Å². The van der Waals surface area contributed by atoms with E-state index in [2.05, 4.69) is 10.6 Å². The highest BCUT2D eigenvalue weighted by molar-refractivity contribution is 7.89. The van der Waals surface area contributed by atoms with Crippen LogP contribution in [0.2, 0.25) is 0 Å². The summed E-state index contributed by atoms with van der Waals surface area (Å²) in [6.07, 6.45) is -0.671. The van der Waals surface area contributed by atoms with Crippen molar-refractivity contribution < 1.29 is 32.2 Å². The maximum atomic E-state index is 12.9. The van der Waals surface area contributed by atoms with Gasteiger partial charge in [0.1, 0.15) is 11.4 Å². The zero-order valence-corrected chi connectivity index (χ0v) is 20.4. The lowest BCUT2D eigenvalue weighted by Gasteiger charge is -2.26. The first-order chi connectivity index (χ1) is 16.0. The molecule has 1 heterocycles. The highest BCUT2D eigenvalue weighted by atomic mass is 32.2. The molecular formula is C23H29N3O7S. The molecule has 1 saturated heterocycles. The minimum absolute atomic E-state index is 0.0315. The summed E-state index contributed by atoms with van der Waals surface area (Å²) in [5, 5.41) is 5.32. The smallest absolute Gasteiger partial charge is 0.412 e. The number of amides is 2. The first-order valence-corrected chi connectivity index (χ1v) is 12.1. The number of nitrogens with zero attached hydrogens (tertiary/aromatic N) is 1. The van der Waals surface area contributed by atoms with Gasteiger partial charge in [-0.1, -0.05) is 6.07 Å². The van der Waals surface area contributed by atoms with E-state index in [1.54, 1.807) is 32.9 Å². The third kappa shape index (κ3) is 6.46. The van der Waals surface area contributed by atoms with Gasteiger partial charge in [-0.05, 0) is 57.2 Å². The van der Waals surface area contributed by atoms with E-state index >= 15 is 0 Å². The van der Waals surface area contributed by atoms with E-state index in [4.69, 9.17) is 14.2 Å². The van der Waals surface area contributed by atoms with Crippen molar-refractivity contribution in [2.45, 2.75) is 31.3 Å². The van der Waals surface area contributed by atoms with Gasteiger partial charge in [-0.3, -0.25) is 10.1 Å². The van der Waals surface area contributed by atoms with Crippen molar-refractivity contribution in [3.8, 4) is 5.75 Å². The number of sulfonamides is 1. The van der Waals surface area contributed by atoms with Crippen LogP contribution >= 0.6 is 0 Å². The molecule has 0 aliphatic carbocycles. The quantitative estimate of drug-likeness (QED) is 0.635. The maximum absolute atomic E-state index is 12.9. The molecule has 3 rings (SSSR count). The summed E-state index contributed by atoms with van der Waals surface area (Å²) in [6.45, 7) is 6.42. The number of rotatable bonds is 6. The van der Waals surface area contributed by atoms with Crippen LogP contribution in [-0.2, 0) is 19.5 Å². The molecule has 1 fully saturated rings. The van der Waals surface area contributed by atoms with Gasteiger partial charge in [-0.2, -0.15) is 4.31 Å². The second-order valence-corrected chi connectivity index (χ2v) is 10.5. The summed E-state index contributed by atoms with van der Waals surface area (Å²) >= 11 is 0. The molecule has 11 heteroatoms. The Morgan fingerprint density at radius 3 is 2.38 bits per heavy atom. The number of morpholine rings is 1. The number of anilines is 2. The summed E-state index contributed by atoms with van der Waals surface area (Å²) in [5.74, 6) is -0.130. The van der Waals surface area contributed by atoms with Crippen molar-refractivity contribution in [3.05, 3.63) is 48.0 Å². The molecule has 0 spiro atoms. The SMILES string of the molecule is COc1ccc(NC(=O)c2cccc(S(=O)(=O)N3CCOCC3)c2)cc1NC(=O)OC(C)(C)C. The van der Waals surface area contributed by atoms with Gasteiger partial charge < -0.3 is 19.5 Å². The van der Waals surface area contributed by atoms with Crippen molar-refractivity contribution in [1.82, 2.24) is 4.31 Å². The fraction of sp³-hybridized carbons (Fsp3) is 0.391. The Bertz CT molecular complexity index is 1150. The number of hydrogen-bond acceptors (Lipinski definition) is 7. The number of hydrogen-bond donors (Lipinski definition) is 2. The predicted octanol–water partition coefficient (Wildman–Crippen LogP) is 3.32. The summed E-state index contributed by atoms with van der Waals surface area (Å²) in [5.41, 5.74) is 0.165. The van der Waals surface area contributed by atoms with Crippen LogP contribution in [0.4, 0.5) is 16.2 Å². The van der Waals surface area contributed by atoms with Crippen LogP contribution in [0.5, 0.6) is 5.75 Å². The Labute approximate surface area is 199 Å². The Balaban J connectivity index is 1.78. The molecule has 34 heavy (non-hydrogen) atoms. The van der Waals surface area contributed by atoms with E-state index in [9.17, 15) is 18.0 Å². The minimum atomic E-state index is -3.74. The second kappa shape index (κ2) is 10.4. The third-order valence-corrected chi connectivity index (χ3v) is 6.69. The van der Waals surface area contributed by atoms with Crippen LogP contribution in [0.25, 0.3) is 0 Å². The standard InChI is InChI=1S/C23H29N3O7S/c1-23(2,3)33-22(28)25-19-15-17(8-9-20(19)31-4)24-21(27)16-6-5-7-18(14-16)34(29,30)26-10-12-32-13-11-26/h5-9,14-15H,10-13H2,1-4H3,(H,24,27)(H,25,28). The van der Waals surface area contributed by atoms with Gasteiger partial charge in [-0.15, -0.1) is 0 Å². The number of benzene rings is 2. The monoisotopic (exact) mass is 491 g/mol. The number of carbonyl (C=O) groups excluding carboxylic acids is 2. The lowest BCUT2D eigenvalue weighted by Crippen LogP contribution is -2.40. The van der Waals surface area contributed by atoms with Crippen LogP contribution in [0, 0.1) is 0 Å². The molecule has 2 amide bonds. The minimum Gasteiger partial charge on any atom is -0.495 e. The molecule has 0 aromatic heterocycles. The van der Waals surface area contributed by atoms with E-state index in [0.29, 0.717) is 30.3 Å². The van der Waals surface area contributed by atoms with Crippen molar-refractivity contribution in [1.29, 1.82) is 0 Å². The zero-order valence-electron chi connectivity index (χ0n) is 19.6. The Morgan fingerprint density at radius 2 is 1.74 bits per heavy atom. The van der Waals surface area contributed by atoms with Gasteiger partial charge in [0.05, 0.1) is 30.9 Å². The van der Waals surface area contributed by atoms with E-state index in [1.165, 1.54) is 41.7 Å². The zero-order chi connectivity index (χ0) is 24.9. The molecule has 2 N–H and O–H groups in total. The average Bonchev–Trinajstić information content (AvgIpc) is 2.78. The summed E-state index contributed by atoms with van der Waals surface area (Å²) < 4.78 is 42.9. The van der Waals surface area contributed by atoms with Gasteiger partial charge in [0.25, 0.3) is 5.91 Å². The molecule has 10 nitrogen and oxygen atoms in total. The van der Waals surface area contributed by atoms with E-state index in [1.807, 2.05) is 0 Å². The van der Waals surface area contributed by atoms with Gasteiger partial charge in [0.2, 0.25) is 10.0 Å². The van der Waals surface area contributed by atoms with E-state index in [0.717, 1.165) is 0 Å². The fourth-order valence-electron chi connectivity index (χ4n) is 3.23. The van der Waals surface area contributed by atoms with Gasteiger partial charge in [0, 0.05) is 24.3 Å². The lowest BCUT2D eigenvalue weighted by atomic mass is 10.2. The highest BCUT2D eigenvalue weighted by Crippen LogP contribution is 2.29. The second-order valence-electron chi connectivity index (χ2n) is 8.54. The topological polar surface area (TPSA) is 123 Å². The summed E-state index contributed by atoms with van der Waals surface area (Å²) in [4.78, 5) is 25.1. The Kier molecular flexibility index (Phi) is 7.80. The molecule has 0 unspecified atom stereocenters. The first kappa shape index (κ1) is 25.5. The molecular weight excluding hydrogens is 462 g/mol. The largest absolute Gasteiger partial charge is 0.495 e. The van der Waals surface area contributed by atoms with Gasteiger partial charge >= 0.3 is 6.09 Å². The van der Waals surface area contributed by atoms with Crippen LogP contribution in [0.3, 0.4) is 0 Å². The van der Waals surface area contributed by atoms with Crippen LogP contribution < -0.4 is 15.4 Å². The highest BCUT2D eigenvalue weighted by Gasteiger charge is 2.27. The van der Waals surface area contributed by atoms with Gasteiger partial charge in [-0.25, -0.2) is 13.2 Å². The van der Waals surface area contributed by atoms with Crippen molar-refractivity contribution in [2.75, 3.05) is 44.0 Å². The molecule has 1 aliphatic heterocycles. The Morgan fingerprint density at radius 1 is 1.03 bits per heavy atom. The number of nitrogens with one attached hydrogen (secondary N) is 2. The van der Waals surface area contributed by atoms with Crippen molar-refractivity contribution in [3.63, 3.8) is 0 Å². The van der Waals surface area contributed by atoms with Crippen LogP contribution in [0.1, 0.15) is 31.1 Å². The number of carbonyl (C=O) groups is 2. The maximum Gasteiger partial charge on any atom is 0.412 e. The fourth-order valence-corrected chi connectivity index (χ4v) is 4.69. The average molecular weight is 492 g/mol. The molecule has 2 aromatic carbocycles. The number of ether oxygens (including phenoxy) is 3.